The van der Waals surface area contributed by atoms with Crippen molar-refractivity contribution in [2.24, 2.45) is 0 Å². The smallest absolute Gasteiger partial charge is 0.411 e. The van der Waals surface area contributed by atoms with Crippen molar-refractivity contribution in [1.82, 2.24) is 10.2 Å². The second-order valence-corrected chi connectivity index (χ2v) is 9.52. The van der Waals surface area contributed by atoms with Crippen LogP contribution in [0.15, 0.2) is 78.9 Å². The molecule has 3 atom stereocenters. The van der Waals surface area contributed by atoms with E-state index >= 15 is 0 Å². The monoisotopic (exact) mass is 529 g/mol. The fourth-order valence-corrected chi connectivity index (χ4v) is 4.94. The number of para-hydroxylation sites is 1. The SMILES string of the molecule is COc1ccccc1C(=O)Nc1cccc([C@@H]2OC(=O)N(Cc3ccccc3)[C@@H]2C(=O)NC[C@@H]2CCCO2)c1. The number of carbonyl (C=O) groups is 3. The zero-order valence-corrected chi connectivity index (χ0v) is 21.7. The predicted molar refractivity (Wildman–Crippen MR) is 144 cm³/mol. The van der Waals surface area contributed by atoms with Crippen molar-refractivity contribution < 1.29 is 28.6 Å². The van der Waals surface area contributed by atoms with Gasteiger partial charge in [-0.3, -0.25) is 14.5 Å². The molecule has 0 aromatic heterocycles. The molecule has 0 spiro atoms. The maximum Gasteiger partial charge on any atom is 0.411 e. The second kappa shape index (κ2) is 12.0. The van der Waals surface area contributed by atoms with Gasteiger partial charge in [0.25, 0.3) is 5.91 Å². The molecule has 2 fully saturated rings. The summed E-state index contributed by atoms with van der Waals surface area (Å²) >= 11 is 0. The summed E-state index contributed by atoms with van der Waals surface area (Å²) in [6, 6.07) is 22.5. The third-order valence-corrected chi connectivity index (χ3v) is 6.90. The minimum absolute atomic E-state index is 0.0403. The lowest BCUT2D eigenvalue weighted by molar-refractivity contribution is -0.126. The number of ether oxygens (including phenoxy) is 3. The first-order chi connectivity index (χ1) is 19.0. The first-order valence-corrected chi connectivity index (χ1v) is 13.0. The number of amides is 3. The molecule has 2 aliphatic rings. The molecule has 5 rings (SSSR count). The van der Waals surface area contributed by atoms with Crippen LogP contribution in [0.25, 0.3) is 0 Å². The second-order valence-electron chi connectivity index (χ2n) is 9.52. The highest BCUT2D eigenvalue weighted by Gasteiger charge is 2.47. The molecule has 0 saturated carbocycles. The van der Waals surface area contributed by atoms with Crippen LogP contribution in [0.1, 0.15) is 40.4 Å². The van der Waals surface area contributed by atoms with Crippen molar-refractivity contribution in [2.75, 3.05) is 25.6 Å². The van der Waals surface area contributed by atoms with Gasteiger partial charge in [0.2, 0.25) is 5.91 Å². The van der Waals surface area contributed by atoms with E-state index in [0.717, 1.165) is 18.4 Å². The molecule has 0 aliphatic carbocycles. The zero-order valence-electron chi connectivity index (χ0n) is 21.7. The van der Waals surface area contributed by atoms with E-state index in [0.29, 0.717) is 35.7 Å². The van der Waals surface area contributed by atoms with Crippen LogP contribution in [-0.4, -0.2) is 55.2 Å². The Morgan fingerprint density at radius 2 is 1.82 bits per heavy atom. The van der Waals surface area contributed by atoms with E-state index in [1.807, 2.05) is 30.3 Å². The van der Waals surface area contributed by atoms with E-state index < -0.39 is 18.2 Å². The summed E-state index contributed by atoms with van der Waals surface area (Å²) in [6.07, 6.45) is 0.354. The normalized spacial score (nSPS) is 20.4. The first-order valence-electron chi connectivity index (χ1n) is 13.0. The summed E-state index contributed by atoms with van der Waals surface area (Å²) in [7, 11) is 1.51. The van der Waals surface area contributed by atoms with E-state index in [9.17, 15) is 14.4 Å². The highest BCUT2D eigenvalue weighted by molar-refractivity contribution is 6.06. The van der Waals surface area contributed by atoms with Gasteiger partial charge in [0.05, 0.1) is 25.3 Å². The number of nitrogens with one attached hydrogen (secondary N) is 2. The molecule has 0 unspecified atom stereocenters. The number of anilines is 1. The van der Waals surface area contributed by atoms with Gasteiger partial charge in [-0.05, 0) is 48.2 Å². The zero-order chi connectivity index (χ0) is 27.2. The van der Waals surface area contributed by atoms with Crippen LogP contribution < -0.4 is 15.4 Å². The third-order valence-electron chi connectivity index (χ3n) is 6.90. The molecule has 2 heterocycles. The van der Waals surface area contributed by atoms with Gasteiger partial charge in [0.1, 0.15) is 5.75 Å². The van der Waals surface area contributed by atoms with Crippen LogP contribution in [0, 0.1) is 0 Å². The summed E-state index contributed by atoms with van der Waals surface area (Å²) in [5.41, 5.74) is 2.36. The number of carbonyl (C=O) groups excluding carboxylic acids is 3. The Bertz CT molecular complexity index is 1330. The van der Waals surface area contributed by atoms with E-state index in [-0.39, 0.29) is 24.5 Å². The van der Waals surface area contributed by atoms with Crippen LogP contribution in [0.3, 0.4) is 0 Å². The fraction of sp³-hybridized carbons (Fsp3) is 0.300. The average molecular weight is 530 g/mol. The van der Waals surface area contributed by atoms with Gasteiger partial charge >= 0.3 is 6.09 Å². The van der Waals surface area contributed by atoms with Crippen LogP contribution in [0.4, 0.5) is 10.5 Å². The van der Waals surface area contributed by atoms with Gasteiger partial charge in [-0.2, -0.15) is 0 Å². The van der Waals surface area contributed by atoms with Crippen molar-refractivity contribution in [3.05, 3.63) is 95.6 Å². The summed E-state index contributed by atoms with van der Waals surface area (Å²) in [5, 5.41) is 5.84. The Hall–Kier alpha value is -4.37. The van der Waals surface area contributed by atoms with E-state index in [1.54, 1.807) is 48.5 Å². The maximum absolute atomic E-state index is 13.5. The molecule has 3 aromatic rings. The molecule has 3 aromatic carbocycles. The number of hydrogen-bond acceptors (Lipinski definition) is 6. The molecular formula is C30H31N3O6. The lowest BCUT2D eigenvalue weighted by Gasteiger charge is -2.25. The fourth-order valence-electron chi connectivity index (χ4n) is 4.94. The van der Waals surface area contributed by atoms with Crippen LogP contribution in [-0.2, 0) is 20.8 Å². The molecule has 3 amide bonds. The highest BCUT2D eigenvalue weighted by Crippen LogP contribution is 2.35. The van der Waals surface area contributed by atoms with Gasteiger partial charge in [0, 0.05) is 18.8 Å². The molecule has 2 aliphatic heterocycles. The number of nitrogens with zero attached hydrogens (tertiary/aromatic N) is 1. The van der Waals surface area contributed by atoms with E-state index in [4.69, 9.17) is 14.2 Å². The summed E-state index contributed by atoms with van der Waals surface area (Å²) in [5.74, 6) is -0.208. The van der Waals surface area contributed by atoms with Crippen molar-refractivity contribution in [3.8, 4) is 5.75 Å². The Morgan fingerprint density at radius 1 is 1.03 bits per heavy atom. The predicted octanol–water partition coefficient (Wildman–Crippen LogP) is 4.30. The van der Waals surface area contributed by atoms with Gasteiger partial charge in [-0.15, -0.1) is 0 Å². The quantitative estimate of drug-likeness (QED) is 0.428. The lowest BCUT2D eigenvalue weighted by Crippen LogP contribution is -2.47. The summed E-state index contributed by atoms with van der Waals surface area (Å²) in [4.78, 5) is 41.0. The van der Waals surface area contributed by atoms with Gasteiger partial charge in [-0.1, -0.05) is 54.6 Å². The van der Waals surface area contributed by atoms with E-state index in [1.165, 1.54) is 12.0 Å². The molecule has 0 radical (unpaired) electrons. The van der Waals surface area contributed by atoms with Crippen LogP contribution in [0.2, 0.25) is 0 Å². The van der Waals surface area contributed by atoms with E-state index in [2.05, 4.69) is 10.6 Å². The topological polar surface area (TPSA) is 106 Å². The number of hydrogen-bond donors (Lipinski definition) is 2. The van der Waals surface area contributed by atoms with Crippen molar-refractivity contribution in [1.29, 1.82) is 0 Å². The molecule has 0 bridgehead atoms. The lowest BCUT2D eigenvalue weighted by atomic mass is 10.00. The Labute approximate surface area is 227 Å². The average Bonchev–Trinajstić information content (AvgIpc) is 3.60. The summed E-state index contributed by atoms with van der Waals surface area (Å²) < 4.78 is 16.7. The number of rotatable bonds is 9. The minimum atomic E-state index is -0.903. The highest BCUT2D eigenvalue weighted by atomic mass is 16.6. The standard InChI is InChI=1S/C30H31N3O6/c1-37-25-15-6-5-14-24(25)28(34)32-22-12-7-11-21(17-22)27-26(29(35)31-18-23-13-8-16-38-23)33(30(36)39-27)19-20-9-3-2-4-10-20/h2-7,9-12,14-15,17,23,26-27H,8,13,16,18-19H2,1H3,(H,31,35)(H,32,34)/t23-,26-,27-/m0/s1. The first kappa shape index (κ1) is 26.2. The Kier molecular flexibility index (Phi) is 8.07. The van der Waals surface area contributed by atoms with Crippen LogP contribution >= 0.6 is 0 Å². The molecule has 9 heteroatoms. The summed E-state index contributed by atoms with van der Waals surface area (Å²) in [6.45, 7) is 1.27. The van der Waals surface area contributed by atoms with Gasteiger partial charge < -0.3 is 24.8 Å². The Morgan fingerprint density at radius 3 is 2.59 bits per heavy atom. The maximum atomic E-state index is 13.5. The molecule has 39 heavy (non-hydrogen) atoms. The van der Waals surface area contributed by atoms with Crippen molar-refractivity contribution >= 4 is 23.6 Å². The Balaban J connectivity index is 1.39. The molecule has 202 valence electrons. The molecule has 2 N–H and O–H groups in total. The largest absolute Gasteiger partial charge is 0.496 e. The third kappa shape index (κ3) is 6.04. The minimum Gasteiger partial charge on any atom is -0.496 e. The van der Waals surface area contributed by atoms with Crippen molar-refractivity contribution in [2.45, 2.75) is 37.6 Å². The van der Waals surface area contributed by atoms with Gasteiger partial charge in [-0.25, -0.2) is 4.79 Å². The number of cyclic esters (lactones) is 1. The number of benzene rings is 3. The molecular weight excluding hydrogens is 498 g/mol. The van der Waals surface area contributed by atoms with Crippen molar-refractivity contribution in [3.63, 3.8) is 0 Å². The number of methoxy groups -OCH3 is 1. The molecule has 9 nitrogen and oxygen atoms in total. The van der Waals surface area contributed by atoms with Gasteiger partial charge in [0.15, 0.2) is 12.1 Å². The van der Waals surface area contributed by atoms with Crippen LogP contribution in [0.5, 0.6) is 5.75 Å². The molecule has 2 saturated heterocycles.